The van der Waals surface area contributed by atoms with Crippen LogP contribution in [0.2, 0.25) is 0 Å². The Morgan fingerprint density at radius 2 is 2.21 bits per heavy atom. The van der Waals surface area contributed by atoms with Gasteiger partial charge in [-0.05, 0) is 12.1 Å². The summed E-state index contributed by atoms with van der Waals surface area (Å²) in [6.45, 7) is 0. The van der Waals surface area contributed by atoms with Gasteiger partial charge in [-0.2, -0.15) is 0 Å². The monoisotopic (exact) mass is 280 g/mol. The van der Waals surface area contributed by atoms with Crippen LogP contribution < -0.4 is 0 Å². The van der Waals surface area contributed by atoms with Crippen LogP contribution in [-0.2, 0) is 30.0 Å². The molecule has 2 aromatic rings. The van der Waals surface area contributed by atoms with Crippen LogP contribution in [0, 0.1) is 0 Å². The summed E-state index contributed by atoms with van der Waals surface area (Å²) in [6, 6.07) is 4.05. The zero-order valence-electron chi connectivity index (χ0n) is 11.2. The molecule has 0 aliphatic heterocycles. The second-order valence-corrected chi connectivity index (χ2v) is 5.05. The van der Waals surface area contributed by atoms with Crippen molar-refractivity contribution in [3.63, 3.8) is 0 Å². The molecule has 19 heavy (non-hydrogen) atoms. The lowest BCUT2D eigenvalue weighted by atomic mass is 10.3. The van der Waals surface area contributed by atoms with E-state index in [9.17, 15) is 4.79 Å². The molecule has 6 nitrogen and oxygen atoms in total. The Bertz CT molecular complexity index is 576. The van der Waals surface area contributed by atoms with E-state index in [2.05, 4.69) is 25.6 Å². The molecule has 0 spiro atoms. The second-order valence-electron chi connectivity index (χ2n) is 4.11. The zero-order valence-corrected chi connectivity index (χ0v) is 12.0. The number of hydrogen-bond donors (Lipinski definition) is 0. The van der Waals surface area contributed by atoms with E-state index in [1.165, 1.54) is 24.6 Å². The van der Waals surface area contributed by atoms with Crippen LogP contribution in [0.25, 0.3) is 0 Å². The molecular formula is C12H16N4O2S. The number of nitrogens with zero attached hydrogens (tertiary/aromatic N) is 4. The average Bonchev–Trinajstić information content (AvgIpc) is 2.96. The second kappa shape index (κ2) is 5.92. The summed E-state index contributed by atoms with van der Waals surface area (Å²) < 4.78 is 8.55. The molecule has 0 unspecified atom stereocenters. The molecule has 102 valence electrons. The Kier molecular flexibility index (Phi) is 4.26. The lowest BCUT2D eigenvalue weighted by Gasteiger charge is -2.04. The first kappa shape index (κ1) is 13.7. The van der Waals surface area contributed by atoms with E-state index in [1.54, 1.807) is 0 Å². The van der Waals surface area contributed by atoms with Gasteiger partial charge < -0.3 is 13.9 Å². The fraction of sp³-hybridized carbons (Fsp3) is 0.417. The maximum absolute atomic E-state index is 11.1. The van der Waals surface area contributed by atoms with Crippen molar-refractivity contribution >= 4 is 17.7 Å². The van der Waals surface area contributed by atoms with Crippen molar-refractivity contribution in [3.8, 4) is 0 Å². The molecule has 0 aromatic carbocycles. The Balaban J connectivity index is 2.06. The van der Waals surface area contributed by atoms with Crippen molar-refractivity contribution in [1.82, 2.24) is 19.3 Å². The SMILES string of the molecule is COC(=O)CSc1nnc(Cc2cccn2C)n1C. The molecule has 0 bridgehead atoms. The van der Waals surface area contributed by atoms with Crippen molar-refractivity contribution in [3.05, 3.63) is 29.8 Å². The highest BCUT2D eigenvalue weighted by Crippen LogP contribution is 2.17. The summed E-state index contributed by atoms with van der Waals surface area (Å²) in [4.78, 5) is 11.1. The van der Waals surface area contributed by atoms with Crippen molar-refractivity contribution in [2.75, 3.05) is 12.9 Å². The summed E-state index contributed by atoms with van der Waals surface area (Å²) >= 11 is 1.33. The Labute approximate surface area is 115 Å². The number of aromatic nitrogens is 4. The quantitative estimate of drug-likeness (QED) is 0.604. The van der Waals surface area contributed by atoms with Crippen LogP contribution in [0.15, 0.2) is 23.5 Å². The van der Waals surface area contributed by atoms with Gasteiger partial charge in [-0.25, -0.2) is 0 Å². The number of carbonyl (C=O) groups is 1. The minimum Gasteiger partial charge on any atom is -0.468 e. The van der Waals surface area contributed by atoms with Crippen LogP contribution in [0.3, 0.4) is 0 Å². The lowest BCUT2D eigenvalue weighted by Crippen LogP contribution is -2.06. The summed E-state index contributed by atoms with van der Waals surface area (Å²) in [6.07, 6.45) is 2.71. The summed E-state index contributed by atoms with van der Waals surface area (Å²) in [5, 5.41) is 8.97. The van der Waals surface area contributed by atoms with Gasteiger partial charge in [-0.15, -0.1) is 10.2 Å². The zero-order chi connectivity index (χ0) is 13.8. The first-order chi connectivity index (χ1) is 9.11. The third-order valence-electron chi connectivity index (χ3n) is 2.86. The van der Waals surface area contributed by atoms with Gasteiger partial charge in [-0.3, -0.25) is 4.79 Å². The van der Waals surface area contributed by atoms with Gasteiger partial charge in [0.25, 0.3) is 0 Å². The molecule has 0 radical (unpaired) electrons. The first-order valence-corrected chi connectivity index (χ1v) is 6.78. The van der Waals surface area contributed by atoms with Gasteiger partial charge in [0.1, 0.15) is 5.82 Å². The number of methoxy groups -OCH3 is 1. The number of hydrogen-bond acceptors (Lipinski definition) is 5. The van der Waals surface area contributed by atoms with E-state index < -0.39 is 0 Å². The summed E-state index contributed by atoms with van der Waals surface area (Å²) in [5.74, 6) is 0.846. The largest absolute Gasteiger partial charge is 0.468 e. The number of esters is 1. The average molecular weight is 280 g/mol. The minimum absolute atomic E-state index is 0.243. The van der Waals surface area contributed by atoms with E-state index in [0.29, 0.717) is 6.42 Å². The molecule has 0 atom stereocenters. The molecule has 7 heteroatoms. The third-order valence-corrected chi connectivity index (χ3v) is 3.86. The molecule has 0 N–H and O–H groups in total. The molecule has 0 saturated carbocycles. The van der Waals surface area contributed by atoms with E-state index in [0.717, 1.165) is 11.0 Å². The molecule has 0 fully saturated rings. The molecule has 2 aromatic heterocycles. The predicted molar refractivity (Wildman–Crippen MR) is 72.0 cm³/mol. The predicted octanol–water partition coefficient (Wildman–Crippen LogP) is 1.01. The van der Waals surface area contributed by atoms with Gasteiger partial charge in [-0.1, -0.05) is 11.8 Å². The van der Waals surface area contributed by atoms with Crippen LogP contribution in [0.5, 0.6) is 0 Å². The van der Waals surface area contributed by atoms with Gasteiger partial charge in [0, 0.05) is 32.4 Å². The van der Waals surface area contributed by atoms with E-state index in [4.69, 9.17) is 0 Å². The number of aryl methyl sites for hydroxylation is 1. The van der Waals surface area contributed by atoms with Crippen LogP contribution >= 0.6 is 11.8 Å². The van der Waals surface area contributed by atoms with Crippen molar-refractivity contribution in [2.45, 2.75) is 11.6 Å². The Morgan fingerprint density at radius 1 is 1.42 bits per heavy atom. The molecule has 0 amide bonds. The standard InChI is InChI=1S/C12H16N4O2S/c1-15-6-4-5-9(15)7-10-13-14-12(16(10)2)19-8-11(17)18-3/h4-6H,7-8H2,1-3H3. The number of carbonyl (C=O) groups excluding carboxylic acids is 1. The highest BCUT2D eigenvalue weighted by atomic mass is 32.2. The molecule has 0 saturated heterocycles. The fourth-order valence-corrected chi connectivity index (χ4v) is 2.41. The lowest BCUT2D eigenvalue weighted by molar-refractivity contribution is -0.137. The summed E-state index contributed by atoms with van der Waals surface area (Å²) in [5.41, 5.74) is 1.17. The van der Waals surface area contributed by atoms with Gasteiger partial charge >= 0.3 is 5.97 Å². The Hall–Kier alpha value is -1.76. The Morgan fingerprint density at radius 3 is 2.84 bits per heavy atom. The molecular weight excluding hydrogens is 264 g/mol. The molecule has 2 rings (SSSR count). The normalized spacial score (nSPS) is 10.7. The van der Waals surface area contributed by atoms with Crippen molar-refractivity contribution in [2.24, 2.45) is 14.1 Å². The highest BCUT2D eigenvalue weighted by Gasteiger charge is 2.12. The van der Waals surface area contributed by atoms with E-state index >= 15 is 0 Å². The summed E-state index contributed by atoms with van der Waals surface area (Å²) in [7, 11) is 5.27. The molecule has 0 aliphatic rings. The van der Waals surface area contributed by atoms with Gasteiger partial charge in [0.05, 0.1) is 12.9 Å². The number of ether oxygens (including phenoxy) is 1. The van der Waals surface area contributed by atoms with Crippen LogP contribution in [-0.4, -0.2) is 38.2 Å². The fourth-order valence-electron chi connectivity index (χ4n) is 1.65. The van der Waals surface area contributed by atoms with Crippen LogP contribution in [0.1, 0.15) is 11.5 Å². The van der Waals surface area contributed by atoms with Crippen molar-refractivity contribution < 1.29 is 9.53 Å². The first-order valence-electron chi connectivity index (χ1n) is 5.80. The van der Waals surface area contributed by atoms with E-state index in [-0.39, 0.29) is 11.7 Å². The molecule has 2 heterocycles. The number of rotatable bonds is 5. The van der Waals surface area contributed by atoms with Gasteiger partial charge in [0.15, 0.2) is 5.16 Å². The van der Waals surface area contributed by atoms with Crippen molar-refractivity contribution in [1.29, 1.82) is 0 Å². The topological polar surface area (TPSA) is 61.9 Å². The molecule has 0 aliphatic carbocycles. The van der Waals surface area contributed by atoms with Crippen LogP contribution in [0.4, 0.5) is 0 Å². The number of thioether (sulfide) groups is 1. The smallest absolute Gasteiger partial charge is 0.316 e. The third kappa shape index (κ3) is 3.17. The van der Waals surface area contributed by atoms with Gasteiger partial charge in [0.2, 0.25) is 0 Å². The van der Waals surface area contributed by atoms with E-state index in [1.807, 2.05) is 30.9 Å². The maximum atomic E-state index is 11.1. The maximum Gasteiger partial charge on any atom is 0.316 e. The highest BCUT2D eigenvalue weighted by molar-refractivity contribution is 7.99. The minimum atomic E-state index is -0.267.